The molecule has 0 N–H and O–H groups in total. The van der Waals surface area contributed by atoms with Crippen molar-refractivity contribution >= 4 is 11.6 Å². The van der Waals surface area contributed by atoms with Gasteiger partial charge in [0.1, 0.15) is 0 Å². The van der Waals surface area contributed by atoms with Gasteiger partial charge in [0.25, 0.3) is 0 Å². The number of benzene rings is 1. The lowest BCUT2D eigenvalue weighted by molar-refractivity contribution is 0.304. The quantitative estimate of drug-likeness (QED) is 0.653. The third-order valence-corrected chi connectivity index (χ3v) is 3.14. The Morgan fingerprint density at radius 3 is 2.53 bits per heavy atom. The average molecular weight is 225 g/mol. The lowest BCUT2D eigenvalue weighted by atomic mass is 9.82. The van der Waals surface area contributed by atoms with Crippen molar-refractivity contribution < 1.29 is 0 Å². The van der Waals surface area contributed by atoms with Crippen LogP contribution in [0.1, 0.15) is 45.6 Å². The molecule has 0 aliphatic heterocycles. The minimum Gasteiger partial charge on any atom is -0.0843 e. The second kappa shape index (κ2) is 5.55. The summed E-state index contributed by atoms with van der Waals surface area (Å²) in [7, 11) is 0. The Bertz CT molecular complexity index is 302. The van der Waals surface area contributed by atoms with E-state index >= 15 is 0 Å². The molecule has 84 valence electrons. The maximum atomic E-state index is 5.96. The van der Waals surface area contributed by atoms with Crippen LogP contribution in [0.3, 0.4) is 0 Å². The van der Waals surface area contributed by atoms with Crippen molar-refractivity contribution in [3.05, 3.63) is 34.9 Å². The van der Waals surface area contributed by atoms with E-state index in [2.05, 4.69) is 32.9 Å². The molecule has 0 saturated carbocycles. The number of hydrogen-bond donors (Lipinski definition) is 0. The second-order valence-corrected chi connectivity index (χ2v) is 5.48. The minimum absolute atomic E-state index is 0.455. The Labute approximate surface area is 98.7 Å². The van der Waals surface area contributed by atoms with Gasteiger partial charge in [0.05, 0.1) is 0 Å². The molecule has 0 fully saturated rings. The van der Waals surface area contributed by atoms with E-state index in [9.17, 15) is 0 Å². The molecule has 0 spiro atoms. The highest BCUT2D eigenvalue weighted by Crippen LogP contribution is 2.28. The maximum absolute atomic E-state index is 5.96. The van der Waals surface area contributed by atoms with E-state index in [0.29, 0.717) is 5.41 Å². The molecule has 15 heavy (non-hydrogen) atoms. The van der Waals surface area contributed by atoms with E-state index < -0.39 is 0 Å². The summed E-state index contributed by atoms with van der Waals surface area (Å²) in [5.41, 5.74) is 1.81. The molecule has 0 aliphatic carbocycles. The number of rotatable bonds is 5. The van der Waals surface area contributed by atoms with Crippen LogP contribution < -0.4 is 0 Å². The van der Waals surface area contributed by atoms with E-state index in [-0.39, 0.29) is 0 Å². The molecule has 0 nitrogen and oxygen atoms in total. The van der Waals surface area contributed by atoms with E-state index in [1.165, 1.54) is 24.8 Å². The summed E-state index contributed by atoms with van der Waals surface area (Å²) in [5, 5.41) is 0.848. The lowest BCUT2D eigenvalue weighted by Crippen LogP contribution is -2.11. The van der Waals surface area contributed by atoms with E-state index in [0.717, 1.165) is 11.4 Å². The molecule has 1 heteroatoms. The van der Waals surface area contributed by atoms with Crippen LogP contribution >= 0.6 is 11.6 Å². The fourth-order valence-electron chi connectivity index (χ4n) is 1.98. The standard InChI is InChI=1S/C14H21Cl/c1-4-9-14(2,3)10-8-12-6-5-7-13(15)11-12/h5-7,11H,4,8-10H2,1-3H3. The van der Waals surface area contributed by atoms with Crippen LogP contribution in [-0.2, 0) is 6.42 Å². The van der Waals surface area contributed by atoms with Crippen molar-refractivity contribution in [3.63, 3.8) is 0 Å². The van der Waals surface area contributed by atoms with E-state index in [1.807, 2.05) is 12.1 Å². The zero-order valence-corrected chi connectivity index (χ0v) is 10.8. The van der Waals surface area contributed by atoms with Gasteiger partial charge in [-0.1, -0.05) is 50.9 Å². The Morgan fingerprint density at radius 1 is 1.20 bits per heavy atom. The van der Waals surface area contributed by atoms with Crippen molar-refractivity contribution in [3.8, 4) is 0 Å². The Balaban J connectivity index is 2.49. The van der Waals surface area contributed by atoms with Gasteiger partial charge in [0, 0.05) is 5.02 Å². The lowest BCUT2D eigenvalue weighted by Gasteiger charge is -2.23. The molecule has 0 saturated heterocycles. The second-order valence-electron chi connectivity index (χ2n) is 5.04. The summed E-state index contributed by atoms with van der Waals surface area (Å²) in [6, 6.07) is 8.20. The SMILES string of the molecule is CCCC(C)(C)CCc1cccc(Cl)c1. The van der Waals surface area contributed by atoms with Gasteiger partial charge in [-0.15, -0.1) is 0 Å². The number of aryl methyl sites for hydroxylation is 1. The van der Waals surface area contributed by atoms with Gasteiger partial charge in [-0.05, 0) is 42.4 Å². The third kappa shape index (κ3) is 4.70. The zero-order chi connectivity index (χ0) is 11.3. The van der Waals surface area contributed by atoms with Crippen LogP contribution in [0.2, 0.25) is 5.02 Å². The molecular weight excluding hydrogens is 204 g/mol. The van der Waals surface area contributed by atoms with Gasteiger partial charge in [-0.3, -0.25) is 0 Å². The van der Waals surface area contributed by atoms with Crippen LogP contribution in [0.4, 0.5) is 0 Å². The summed E-state index contributed by atoms with van der Waals surface area (Å²) in [6.07, 6.45) is 4.94. The van der Waals surface area contributed by atoms with Crippen LogP contribution in [0.25, 0.3) is 0 Å². The van der Waals surface area contributed by atoms with Crippen molar-refractivity contribution in [1.29, 1.82) is 0 Å². The molecule has 1 aromatic rings. The van der Waals surface area contributed by atoms with Gasteiger partial charge < -0.3 is 0 Å². The highest BCUT2D eigenvalue weighted by molar-refractivity contribution is 6.30. The fraction of sp³-hybridized carbons (Fsp3) is 0.571. The van der Waals surface area contributed by atoms with Crippen molar-refractivity contribution in [2.75, 3.05) is 0 Å². The predicted molar refractivity (Wildman–Crippen MR) is 68.5 cm³/mol. The predicted octanol–water partition coefficient (Wildman–Crippen LogP) is 5.10. The molecule has 0 atom stereocenters. The van der Waals surface area contributed by atoms with Gasteiger partial charge >= 0.3 is 0 Å². The van der Waals surface area contributed by atoms with Gasteiger partial charge in [-0.25, -0.2) is 0 Å². The minimum atomic E-state index is 0.455. The Kier molecular flexibility index (Phi) is 4.66. The molecular formula is C14H21Cl. The van der Waals surface area contributed by atoms with Gasteiger partial charge in [0.2, 0.25) is 0 Å². The van der Waals surface area contributed by atoms with E-state index in [1.54, 1.807) is 0 Å². The van der Waals surface area contributed by atoms with Crippen LogP contribution in [-0.4, -0.2) is 0 Å². The smallest absolute Gasteiger partial charge is 0.0408 e. The summed E-state index contributed by atoms with van der Waals surface area (Å²) < 4.78 is 0. The third-order valence-electron chi connectivity index (χ3n) is 2.91. The van der Waals surface area contributed by atoms with E-state index in [4.69, 9.17) is 11.6 Å². The first-order valence-corrected chi connectivity index (χ1v) is 6.16. The highest BCUT2D eigenvalue weighted by Gasteiger charge is 2.15. The first kappa shape index (κ1) is 12.6. The molecule has 0 amide bonds. The largest absolute Gasteiger partial charge is 0.0843 e. The summed E-state index contributed by atoms with van der Waals surface area (Å²) in [5.74, 6) is 0. The fourth-order valence-corrected chi connectivity index (χ4v) is 2.19. The van der Waals surface area contributed by atoms with Crippen molar-refractivity contribution in [1.82, 2.24) is 0 Å². The first-order valence-electron chi connectivity index (χ1n) is 5.78. The topological polar surface area (TPSA) is 0 Å². The van der Waals surface area contributed by atoms with Crippen LogP contribution in [0.5, 0.6) is 0 Å². The number of halogens is 1. The molecule has 1 rings (SSSR count). The van der Waals surface area contributed by atoms with Crippen LogP contribution in [0, 0.1) is 5.41 Å². The Hall–Kier alpha value is -0.490. The van der Waals surface area contributed by atoms with Crippen molar-refractivity contribution in [2.45, 2.75) is 46.5 Å². The highest BCUT2D eigenvalue weighted by atomic mass is 35.5. The molecule has 1 aromatic carbocycles. The maximum Gasteiger partial charge on any atom is 0.0408 e. The molecule has 0 aromatic heterocycles. The summed E-state index contributed by atoms with van der Waals surface area (Å²) >= 11 is 5.96. The molecule has 0 aliphatic rings. The monoisotopic (exact) mass is 224 g/mol. The van der Waals surface area contributed by atoms with Gasteiger partial charge in [0.15, 0.2) is 0 Å². The molecule has 0 radical (unpaired) electrons. The molecule has 0 bridgehead atoms. The van der Waals surface area contributed by atoms with Crippen LogP contribution in [0.15, 0.2) is 24.3 Å². The summed E-state index contributed by atoms with van der Waals surface area (Å²) in [4.78, 5) is 0. The molecule has 0 unspecified atom stereocenters. The van der Waals surface area contributed by atoms with Crippen molar-refractivity contribution in [2.24, 2.45) is 5.41 Å². The average Bonchev–Trinajstić information content (AvgIpc) is 2.15. The van der Waals surface area contributed by atoms with Gasteiger partial charge in [-0.2, -0.15) is 0 Å². The molecule has 0 heterocycles. The normalized spacial score (nSPS) is 11.7. The first-order chi connectivity index (χ1) is 7.03. The Morgan fingerprint density at radius 2 is 1.93 bits per heavy atom. The summed E-state index contributed by atoms with van der Waals surface area (Å²) in [6.45, 7) is 6.95. The number of hydrogen-bond acceptors (Lipinski definition) is 0. The zero-order valence-electron chi connectivity index (χ0n) is 10.0.